The predicted octanol–water partition coefficient (Wildman–Crippen LogP) is 6.56. The first kappa shape index (κ1) is 21.5. The summed E-state index contributed by atoms with van der Waals surface area (Å²) in [7, 11) is 1.32. The number of hydrogen-bond donors (Lipinski definition) is 0. The minimum absolute atomic E-state index is 0.183. The van der Waals surface area contributed by atoms with Crippen molar-refractivity contribution in [3.63, 3.8) is 0 Å². The lowest BCUT2D eigenvalue weighted by molar-refractivity contribution is -0.134. The summed E-state index contributed by atoms with van der Waals surface area (Å²) in [6, 6.07) is 18.7. The molecule has 6 heteroatoms. The molecule has 0 saturated carbocycles. The molecule has 1 aromatic heterocycles. The number of aryl methyl sites for hydroxylation is 1. The number of halogens is 1. The molecular formula is C26H19FO4S. The van der Waals surface area contributed by atoms with Gasteiger partial charge in [-0.2, -0.15) is 0 Å². The molecule has 3 aromatic carbocycles. The number of thiophene rings is 1. The lowest BCUT2D eigenvalue weighted by atomic mass is 10.1. The molecule has 32 heavy (non-hydrogen) atoms. The molecule has 0 spiro atoms. The second-order valence-corrected chi connectivity index (χ2v) is 8.13. The number of esters is 1. The van der Waals surface area contributed by atoms with E-state index in [-0.39, 0.29) is 11.6 Å². The van der Waals surface area contributed by atoms with Crippen LogP contribution in [0.3, 0.4) is 0 Å². The fourth-order valence-corrected chi connectivity index (χ4v) is 4.37. The summed E-state index contributed by atoms with van der Waals surface area (Å²) in [4.78, 5) is 24.9. The molecule has 0 aliphatic rings. The SMILES string of the molecule is COC(=O)/C=C/c1ccc(Oc2c(C(=O)c3ccccc3)sc3cc(F)ccc23)c(C)c1. The third-order valence-electron chi connectivity index (χ3n) is 4.87. The third kappa shape index (κ3) is 4.45. The smallest absolute Gasteiger partial charge is 0.330 e. The van der Waals surface area contributed by atoms with Crippen LogP contribution in [0.2, 0.25) is 0 Å². The molecule has 0 bridgehead atoms. The van der Waals surface area contributed by atoms with Gasteiger partial charge in [0.15, 0.2) is 5.75 Å². The monoisotopic (exact) mass is 446 g/mol. The van der Waals surface area contributed by atoms with Crippen LogP contribution in [-0.4, -0.2) is 18.9 Å². The fraction of sp³-hybridized carbons (Fsp3) is 0.0769. The van der Waals surface area contributed by atoms with E-state index in [1.807, 2.05) is 19.1 Å². The lowest BCUT2D eigenvalue weighted by Gasteiger charge is -2.11. The van der Waals surface area contributed by atoms with Crippen molar-refractivity contribution in [3.05, 3.63) is 100 Å². The van der Waals surface area contributed by atoms with Crippen molar-refractivity contribution in [1.29, 1.82) is 0 Å². The van der Waals surface area contributed by atoms with Gasteiger partial charge in [-0.05, 0) is 54.5 Å². The average molecular weight is 446 g/mol. The standard InChI is InChI=1S/C26H19FO4S/c1-16-14-17(9-13-23(28)30-2)8-12-21(16)31-25-20-11-10-19(27)15-22(20)32-26(25)24(29)18-6-4-3-5-7-18/h3-15H,1-2H3/b13-9+. The van der Waals surface area contributed by atoms with Crippen LogP contribution >= 0.6 is 11.3 Å². The Hall–Kier alpha value is -3.77. The van der Waals surface area contributed by atoms with E-state index in [1.165, 1.54) is 36.7 Å². The van der Waals surface area contributed by atoms with Crippen LogP contribution in [0.25, 0.3) is 16.2 Å². The van der Waals surface area contributed by atoms with Gasteiger partial charge < -0.3 is 9.47 Å². The molecule has 4 nitrogen and oxygen atoms in total. The van der Waals surface area contributed by atoms with Gasteiger partial charge in [0, 0.05) is 21.7 Å². The molecule has 0 aliphatic heterocycles. The van der Waals surface area contributed by atoms with Gasteiger partial charge in [-0.15, -0.1) is 11.3 Å². The Morgan fingerprint density at radius 1 is 1.00 bits per heavy atom. The zero-order chi connectivity index (χ0) is 22.7. The van der Waals surface area contributed by atoms with E-state index in [1.54, 1.807) is 48.5 Å². The Balaban J connectivity index is 1.75. The van der Waals surface area contributed by atoms with Crippen molar-refractivity contribution in [3.8, 4) is 11.5 Å². The van der Waals surface area contributed by atoms with Crippen LogP contribution in [0.5, 0.6) is 11.5 Å². The van der Waals surface area contributed by atoms with E-state index in [2.05, 4.69) is 4.74 Å². The first-order valence-corrected chi connectivity index (χ1v) is 10.6. The highest BCUT2D eigenvalue weighted by Gasteiger charge is 2.22. The molecule has 160 valence electrons. The zero-order valence-corrected chi connectivity index (χ0v) is 18.2. The molecule has 0 atom stereocenters. The molecule has 0 radical (unpaired) electrons. The lowest BCUT2D eigenvalue weighted by Crippen LogP contribution is -2.00. The second-order valence-electron chi connectivity index (χ2n) is 7.08. The maximum Gasteiger partial charge on any atom is 0.330 e. The van der Waals surface area contributed by atoms with Crippen LogP contribution in [0.1, 0.15) is 26.4 Å². The Morgan fingerprint density at radius 3 is 2.50 bits per heavy atom. The van der Waals surface area contributed by atoms with E-state index in [0.29, 0.717) is 32.0 Å². The molecule has 0 aliphatic carbocycles. The quantitative estimate of drug-likeness (QED) is 0.191. The molecule has 4 rings (SSSR count). The van der Waals surface area contributed by atoms with E-state index >= 15 is 0 Å². The number of rotatable bonds is 6. The molecule has 0 fully saturated rings. The normalized spacial score (nSPS) is 11.1. The third-order valence-corrected chi connectivity index (χ3v) is 6.01. The van der Waals surface area contributed by atoms with Crippen molar-refractivity contribution in [2.75, 3.05) is 7.11 Å². The van der Waals surface area contributed by atoms with Gasteiger partial charge in [0.25, 0.3) is 0 Å². The van der Waals surface area contributed by atoms with Gasteiger partial charge in [0.05, 0.1) is 7.11 Å². The highest BCUT2D eigenvalue weighted by atomic mass is 32.1. The van der Waals surface area contributed by atoms with Crippen molar-refractivity contribution in [2.45, 2.75) is 6.92 Å². The van der Waals surface area contributed by atoms with Gasteiger partial charge in [0.1, 0.15) is 16.4 Å². The number of ketones is 1. The number of fused-ring (bicyclic) bond motifs is 1. The maximum absolute atomic E-state index is 13.8. The summed E-state index contributed by atoms with van der Waals surface area (Å²) in [6.07, 6.45) is 2.99. The molecular weight excluding hydrogens is 427 g/mol. The Morgan fingerprint density at radius 2 is 1.78 bits per heavy atom. The molecule has 0 saturated heterocycles. The summed E-state index contributed by atoms with van der Waals surface area (Å²) in [5.41, 5.74) is 2.15. The predicted molar refractivity (Wildman–Crippen MR) is 124 cm³/mol. The van der Waals surface area contributed by atoms with Crippen molar-refractivity contribution in [1.82, 2.24) is 0 Å². The number of ether oxygens (including phenoxy) is 2. The van der Waals surface area contributed by atoms with Gasteiger partial charge in [0.2, 0.25) is 5.78 Å². The van der Waals surface area contributed by atoms with Crippen LogP contribution in [0.4, 0.5) is 4.39 Å². The number of carbonyl (C=O) groups excluding carboxylic acids is 2. The highest BCUT2D eigenvalue weighted by molar-refractivity contribution is 7.21. The zero-order valence-electron chi connectivity index (χ0n) is 17.4. The van der Waals surface area contributed by atoms with Crippen LogP contribution in [-0.2, 0) is 9.53 Å². The maximum atomic E-state index is 13.8. The van der Waals surface area contributed by atoms with Gasteiger partial charge in [-0.25, -0.2) is 9.18 Å². The van der Waals surface area contributed by atoms with Crippen molar-refractivity contribution in [2.24, 2.45) is 0 Å². The Bertz CT molecular complexity index is 1340. The summed E-state index contributed by atoms with van der Waals surface area (Å²) < 4.78 is 25.3. The molecule has 1 heterocycles. The summed E-state index contributed by atoms with van der Waals surface area (Å²) in [5.74, 6) is -0.0328. The summed E-state index contributed by atoms with van der Waals surface area (Å²) >= 11 is 1.21. The number of benzene rings is 3. The van der Waals surface area contributed by atoms with Gasteiger partial charge in [-0.3, -0.25) is 4.79 Å². The first-order valence-electron chi connectivity index (χ1n) is 9.82. The highest BCUT2D eigenvalue weighted by Crippen LogP contribution is 2.42. The summed E-state index contributed by atoms with van der Waals surface area (Å²) in [6.45, 7) is 1.87. The largest absolute Gasteiger partial charge is 0.466 e. The van der Waals surface area contributed by atoms with Gasteiger partial charge in [-0.1, -0.05) is 36.4 Å². The molecule has 4 aromatic rings. The number of methoxy groups -OCH3 is 1. The number of hydrogen-bond acceptors (Lipinski definition) is 5. The Kier molecular flexibility index (Phi) is 6.14. The average Bonchev–Trinajstić information content (AvgIpc) is 3.16. The second kappa shape index (κ2) is 9.16. The van der Waals surface area contributed by atoms with Crippen molar-refractivity contribution >= 4 is 39.3 Å². The summed E-state index contributed by atoms with van der Waals surface area (Å²) in [5, 5.41) is 0.671. The molecule has 0 amide bonds. The van der Waals surface area contributed by atoms with E-state index in [0.717, 1.165) is 11.1 Å². The minimum Gasteiger partial charge on any atom is -0.466 e. The molecule has 0 N–H and O–H groups in total. The van der Waals surface area contributed by atoms with Crippen LogP contribution in [0.15, 0.2) is 72.8 Å². The van der Waals surface area contributed by atoms with Crippen molar-refractivity contribution < 1.29 is 23.5 Å². The van der Waals surface area contributed by atoms with E-state index in [9.17, 15) is 14.0 Å². The van der Waals surface area contributed by atoms with Gasteiger partial charge >= 0.3 is 5.97 Å². The number of carbonyl (C=O) groups is 2. The topological polar surface area (TPSA) is 52.6 Å². The van der Waals surface area contributed by atoms with Crippen LogP contribution < -0.4 is 4.74 Å². The van der Waals surface area contributed by atoms with E-state index < -0.39 is 5.97 Å². The fourth-order valence-electron chi connectivity index (χ4n) is 3.25. The van der Waals surface area contributed by atoms with Crippen LogP contribution in [0, 0.1) is 12.7 Å². The first-order chi connectivity index (χ1) is 15.5. The minimum atomic E-state index is -0.441. The molecule has 0 unspecified atom stereocenters. The van der Waals surface area contributed by atoms with E-state index in [4.69, 9.17) is 4.74 Å². The Labute approximate surface area is 188 Å².